The molecule has 0 spiro atoms. The van der Waals surface area contributed by atoms with Crippen molar-refractivity contribution in [2.24, 2.45) is 5.92 Å². The molecule has 2 fully saturated rings. The van der Waals surface area contributed by atoms with Gasteiger partial charge in [0.25, 0.3) is 0 Å². The van der Waals surface area contributed by atoms with Gasteiger partial charge in [0.05, 0.1) is 19.3 Å². The summed E-state index contributed by atoms with van der Waals surface area (Å²) in [7, 11) is 0. The van der Waals surface area contributed by atoms with Gasteiger partial charge in [0, 0.05) is 6.54 Å². The lowest BCUT2D eigenvalue weighted by Gasteiger charge is -2.28. The fourth-order valence-electron chi connectivity index (χ4n) is 3.47. The summed E-state index contributed by atoms with van der Waals surface area (Å²) >= 11 is 0. The number of hydrogen-bond acceptors (Lipinski definition) is 4. The van der Waals surface area contributed by atoms with E-state index in [2.05, 4.69) is 12.2 Å². The molecule has 6 heteroatoms. The van der Waals surface area contributed by atoms with Gasteiger partial charge in [-0.1, -0.05) is 19.8 Å². The molecule has 22 heavy (non-hydrogen) atoms. The van der Waals surface area contributed by atoms with Gasteiger partial charge < -0.3 is 15.2 Å². The average molecular weight is 312 g/mol. The largest absolute Gasteiger partial charge is 0.480 e. The number of nitrogens with one attached hydrogen (secondary N) is 1. The number of aliphatic carboxylic acids is 1. The molecule has 6 nitrogen and oxygen atoms in total. The zero-order valence-corrected chi connectivity index (χ0v) is 13.4. The number of likely N-dealkylation sites (tertiary alicyclic amines) is 1. The number of ether oxygens (including phenoxy) is 1. The van der Waals surface area contributed by atoms with Gasteiger partial charge in [-0.3, -0.25) is 14.5 Å². The van der Waals surface area contributed by atoms with Crippen LogP contribution in [0.1, 0.15) is 45.4 Å². The number of carbonyl (C=O) groups excluding carboxylic acids is 1. The first-order valence-corrected chi connectivity index (χ1v) is 8.43. The maximum absolute atomic E-state index is 11.9. The molecule has 1 saturated heterocycles. The number of carboxylic acids is 1. The molecule has 1 saturated carbocycles. The van der Waals surface area contributed by atoms with E-state index in [1.165, 1.54) is 19.3 Å². The standard InChI is InChI=1S/C16H28N2O4/c1-12-5-2-3-7-14(12)22-10-8-17-15(19)11-18-9-4-6-13(18)16(20)21/h12-14H,2-11H2,1H3,(H,17,19)(H,20,21). The van der Waals surface area contributed by atoms with E-state index < -0.39 is 12.0 Å². The second-order valence-corrected chi connectivity index (χ2v) is 6.49. The monoisotopic (exact) mass is 312 g/mol. The molecule has 1 aliphatic carbocycles. The summed E-state index contributed by atoms with van der Waals surface area (Å²) < 4.78 is 5.85. The fourth-order valence-corrected chi connectivity index (χ4v) is 3.47. The van der Waals surface area contributed by atoms with Gasteiger partial charge >= 0.3 is 5.97 Å². The lowest BCUT2D eigenvalue weighted by Crippen LogP contribution is -2.43. The molecule has 0 aromatic carbocycles. The van der Waals surface area contributed by atoms with E-state index >= 15 is 0 Å². The molecule has 2 rings (SSSR count). The normalized spacial score (nSPS) is 29.4. The molecular formula is C16H28N2O4. The molecule has 1 heterocycles. The number of nitrogens with zero attached hydrogens (tertiary/aromatic N) is 1. The highest BCUT2D eigenvalue weighted by Crippen LogP contribution is 2.25. The van der Waals surface area contributed by atoms with Crippen LogP contribution in [-0.2, 0) is 14.3 Å². The molecule has 1 amide bonds. The Kier molecular flexibility index (Phi) is 6.64. The Balaban J connectivity index is 1.60. The van der Waals surface area contributed by atoms with Gasteiger partial charge in [-0.25, -0.2) is 0 Å². The number of hydrogen-bond donors (Lipinski definition) is 2. The molecule has 3 unspecified atom stereocenters. The van der Waals surface area contributed by atoms with Gasteiger partial charge in [-0.05, 0) is 38.1 Å². The van der Waals surface area contributed by atoms with Crippen molar-refractivity contribution in [2.45, 2.75) is 57.6 Å². The Morgan fingerprint density at radius 2 is 2.00 bits per heavy atom. The van der Waals surface area contributed by atoms with Crippen LogP contribution in [-0.4, -0.2) is 60.3 Å². The fraction of sp³-hybridized carbons (Fsp3) is 0.875. The summed E-state index contributed by atoms with van der Waals surface area (Å²) in [5.41, 5.74) is 0. The maximum atomic E-state index is 11.9. The molecule has 126 valence electrons. The van der Waals surface area contributed by atoms with Crippen molar-refractivity contribution < 1.29 is 19.4 Å². The summed E-state index contributed by atoms with van der Waals surface area (Å²) in [6.07, 6.45) is 6.65. The van der Waals surface area contributed by atoms with E-state index in [1.807, 2.05) is 0 Å². The minimum absolute atomic E-state index is 0.117. The van der Waals surface area contributed by atoms with Crippen molar-refractivity contribution >= 4 is 11.9 Å². The molecule has 3 atom stereocenters. The van der Waals surface area contributed by atoms with Crippen LogP contribution in [0.5, 0.6) is 0 Å². The number of amides is 1. The minimum atomic E-state index is -0.833. The Bertz CT molecular complexity index is 388. The average Bonchev–Trinajstić information content (AvgIpc) is 2.93. The topological polar surface area (TPSA) is 78.9 Å². The minimum Gasteiger partial charge on any atom is -0.480 e. The van der Waals surface area contributed by atoms with Crippen LogP contribution in [0.3, 0.4) is 0 Å². The highest BCUT2D eigenvalue weighted by molar-refractivity contribution is 5.80. The highest BCUT2D eigenvalue weighted by Gasteiger charge is 2.31. The van der Waals surface area contributed by atoms with E-state index in [1.54, 1.807) is 4.90 Å². The van der Waals surface area contributed by atoms with Crippen LogP contribution >= 0.6 is 0 Å². The third-order valence-electron chi connectivity index (χ3n) is 4.78. The lowest BCUT2D eigenvalue weighted by molar-refractivity contribution is -0.142. The van der Waals surface area contributed by atoms with Crippen LogP contribution < -0.4 is 5.32 Å². The first-order chi connectivity index (χ1) is 10.6. The van der Waals surface area contributed by atoms with Crippen LogP contribution in [0, 0.1) is 5.92 Å². The molecule has 0 aromatic rings. The predicted molar refractivity (Wildman–Crippen MR) is 82.6 cm³/mol. The molecular weight excluding hydrogens is 284 g/mol. The van der Waals surface area contributed by atoms with E-state index in [4.69, 9.17) is 9.84 Å². The summed E-state index contributed by atoms with van der Waals surface area (Å²) in [6, 6.07) is -0.509. The van der Waals surface area contributed by atoms with Crippen LogP contribution in [0.4, 0.5) is 0 Å². The van der Waals surface area contributed by atoms with Gasteiger partial charge in [0.2, 0.25) is 5.91 Å². The van der Waals surface area contributed by atoms with Crippen molar-refractivity contribution in [3.63, 3.8) is 0 Å². The summed E-state index contributed by atoms with van der Waals surface area (Å²) in [5, 5.41) is 11.9. The lowest BCUT2D eigenvalue weighted by atomic mass is 9.88. The van der Waals surface area contributed by atoms with Gasteiger partial charge in [0.15, 0.2) is 0 Å². The van der Waals surface area contributed by atoms with E-state index in [0.29, 0.717) is 38.1 Å². The zero-order chi connectivity index (χ0) is 15.9. The zero-order valence-electron chi connectivity index (χ0n) is 13.4. The Hall–Kier alpha value is -1.14. The number of rotatable bonds is 7. The first kappa shape index (κ1) is 17.2. The van der Waals surface area contributed by atoms with Crippen LogP contribution in [0.25, 0.3) is 0 Å². The van der Waals surface area contributed by atoms with Crippen molar-refractivity contribution in [1.82, 2.24) is 10.2 Å². The van der Waals surface area contributed by atoms with Crippen molar-refractivity contribution in [3.8, 4) is 0 Å². The molecule has 2 aliphatic rings. The molecule has 0 aromatic heterocycles. The number of carbonyl (C=O) groups is 2. The first-order valence-electron chi connectivity index (χ1n) is 8.43. The third-order valence-corrected chi connectivity index (χ3v) is 4.78. The molecule has 2 N–H and O–H groups in total. The van der Waals surface area contributed by atoms with E-state index in [0.717, 1.165) is 12.8 Å². The highest BCUT2D eigenvalue weighted by atomic mass is 16.5. The van der Waals surface area contributed by atoms with Gasteiger partial charge in [-0.15, -0.1) is 0 Å². The second-order valence-electron chi connectivity index (χ2n) is 6.49. The smallest absolute Gasteiger partial charge is 0.320 e. The Morgan fingerprint density at radius 3 is 2.73 bits per heavy atom. The Labute approximate surface area is 132 Å². The van der Waals surface area contributed by atoms with Crippen LogP contribution in [0.15, 0.2) is 0 Å². The number of carboxylic acid groups (broad SMARTS) is 1. The van der Waals surface area contributed by atoms with Crippen molar-refractivity contribution in [2.75, 3.05) is 26.2 Å². The van der Waals surface area contributed by atoms with Gasteiger partial charge in [-0.2, -0.15) is 0 Å². The van der Waals surface area contributed by atoms with Crippen molar-refractivity contribution in [1.29, 1.82) is 0 Å². The second kappa shape index (κ2) is 8.48. The van der Waals surface area contributed by atoms with Gasteiger partial charge in [0.1, 0.15) is 6.04 Å². The SMILES string of the molecule is CC1CCCCC1OCCNC(=O)CN1CCCC1C(=O)O. The third kappa shape index (κ3) is 4.95. The summed E-state index contributed by atoms with van der Waals surface area (Å²) in [6.45, 7) is 4.09. The molecule has 0 radical (unpaired) electrons. The predicted octanol–water partition coefficient (Wildman–Crippen LogP) is 1.25. The quantitative estimate of drug-likeness (QED) is 0.692. The van der Waals surface area contributed by atoms with E-state index in [-0.39, 0.29) is 12.5 Å². The molecule has 0 bridgehead atoms. The molecule has 1 aliphatic heterocycles. The Morgan fingerprint density at radius 1 is 1.23 bits per heavy atom. The van der Waals surface area contributed by atoms with Crippen molar-refractivity contribution in [3.05, 3.63) is 0 Å². The summed E-state index contributed by atoms with van der Waals surface area (Å²) in [5.74, 6) is -0.348. The van der Waals surface area contributed by atoms with Crippen LogP contribution in [0.2, 0.25) is 0 Å². The summed E-state index contributed by atoms with van der Waals surface area (Å²) in [4.78, 5) is 24.7. The van der Waals surface area contributed by atoms with E-state index in [9.17, 15) is 9.59 Å². The maximum Gasteiger partial charge on any atom is 0.320 e.